The minimum Gasteiger partial charge on any atom is -0.316 e. The van der Waals surface area contributed by atoms with E-state index in [2.05, 4.69) is 26.0 Å². The molecule has 1 aromatic rings. The number of hydrogen-bond donors (Lipinski definition) is 2. The molecular weight excluding hydrogens is 352 g/mol. The Morgan fingerprint density at radius 3 is 2.89 bits per heavy atom. The number of rotatable bonds is 5. The zero-order valence-electron chi connectivity index (χ0n) is 10.3. The number of halogens is 2. The molecule has 0 unspecified atom stereocenters. The van der Waals surface area contributed by atoms with Crippen LogP contribution in [0.1, 0.15) is 12.8 Å². The minimum atomic E-state index is -3.52. The summed E-state index contributed by atoms with van der Waals surface area (Å²) in [6.45, 7) is 2.44. The first kappa shape index (κ1) is 15.3. The highest BCUT2D eigenvalue weighted by Crippen LogP contribution is 2.25. The summed E-state index contributed by atoms with van der Waals surface area (Å²) in [6, 6.07) is 4.75. The molecule has 1 aliphatic rings. The van der Waals surface area contributed by atoms with Gasteiger partial charge in [-0.25, -0.2) is 13.1 Å². The van der Waals surface area contributed by atoms with Gasteiger partial charge >= 0.3 is 0 Å². The van der Waals surface area contributed by atoms with E-state index in [1.165, 1.54) is 6.07 Å². The molecule has 0 amide bonds. The Hall–Kier alpha value is -0.140. The molecule has 1 aliphatic heterocycles. The fraction of sp³-hybridized carbons (Fsp3) is 0.500. The fourth-order valence-electron chi connectivity index (χ4n) is 2.13. The summed E-state index contributed by atoms with van der Waals surface area (Å²) in [7, 11) is -3.52. The average Bonchev–Trinajstić information content (AvgIpc) is 2.81. The lowest BCUT2D eigenvalue weighted by Gasteiger charge is -2.11. The van der Waals surface area contributed by atoms with Gasteiger partial charge in [0.2, 0.25) is 10.0 Å². The standard InChI is InChI=1S/C12H16BrClN2O2S/c13-10-1-2-12(11(14)7-10)19(17,18)16-6-4-9-3-5-15-8-9/h1-2,7,9,15-16H,3-6,8H2/t9-/m1/s1. The van der Waals surface area contributed by atoms with Crippen molar-refractivity contribution in [1.82, 2.24) is 10.0 Å². The molecule has 7 heteroatoms. The van der Waals surface area contributed by atoms with Gasteiger partial charge in [-0.15, -0.1) is 0 Å². The Labute approximate surface area is 127 Å². The Morgan fingerprint density at radius 1 is 1.47 bits per heavy atom. The first-order chi connectivity index (χ1) is 8.99. The molecule has 2 rings (SSSR count). The van der Waals surface area contributed by atoms with Gasteiger partial charge in [0.1, 0.15) is 4.90 Å². The molecule has 0 bridgehead atoms. The normalized spacial score (nSPS) is 19.8. The topological polar surface area (TPSA) is 58.2 Å². The van der Waals surface area contributed by atoms with Crippen LogP contribution in [0, 0.1) is 5.92 Å². The Morgan fingerprint density at radius 2 is 2.26 bits per heavy atom. The smallest absolute Gasteiger partial charge is 0.242 e. The van der Waals surface area contributed by atoms with Crippen molar-refractivity contribution in [3.05, 3.63) is 27.7 Å². The lowest BCUT2D eigenvalue weighted by atomic mass is 10.1. The van der Waals surface area contributed by atoms with E-state index >= 15 is 0 Å². The zero-order chi connectivity index (χ0) is 13.9. The predicted octanol–water partition coefficient (Wildman–Crippen LogP) is 2.38. The molecule has 106 valence electrons. The van der Waals surface area contributed by atoms with Crippen molar-refractivity contribution in [2.75, 3.05) is 19.6 Å². The van der Waals surface area contributed by atoms with Crippen LogP contribution in [0.5, 0.6) is 0 Å². The molecular formula is C12H16BrClN2O2S. The maximum atomic E-state index is 12.1. The molecule has 1 heterocycles. The van der Waals surface area contributed by atoms with Gasteiger partial charge in [-0.05, 0) is 50.0 Å². The van der Waals surface area contributed by atoms with Gasteiger partial charge in [-0.2, -0.15) is 0 Å². The molecule has 0 saturated carbocycles. The van der Waals surface area contributed by atoms with Crippen molar-refractivity contribution < 1.29 is 8.42 Å². The fourth-order valence-corrected chi connectivity index (χ4v) is 4.21. The van der Waals surface area contributed by atoms with Crippen LogP contribution in [0.2, 0.25) is 5.02 Å². The summed E-state index contributed by atoms with van der Waals surface area (Å²) in [5, 5.41) is 3.49. The van der Waals surface area contributed by atoms with E-state index in [-0.39, 0.29) is 9.92 Å². The monoisotopic (exact) mass is 366 g/mol. The van der Waals surface area contributed by atoms with Gasteiger partial charge < -0.3 is 5.32 Å². The maximum Gasteiger partial charge on any atom is 0.242 e. The Bertz CT molecular complexity index is 545. The number of hydrogen-bond acceptors (Lipinski definition) is 3. The van der Waals surface area contributed by atoms with Gasteiger partial charge in [0, 0.05) is 11.0 Å². The minimum absolute atomic E-state index is 0.127. The third-order valence-electron chi connectivity index (χ3n) is 3.19. The average molecular weight is 368 g/mol. The largest absolute Gasteiger partial charge is 0.316 e. The van der Waals surface area contributed by atoms with Gasteiger partial charge in [-0.3, -0.25) is 0 Å². The van der Waals surface area contributed by atoms with Gasteiger partial charge in [0.05, 0.1) is 5.02 Å². The lowest BCUT2D eigenvalue weighted by Crippen LogP contribution is -2.26. The van der Waals surface area contributed by atoms with E-state index in [4.69, 9.17) is 11.6 Å². The highest BCUT2D eigenvalue weighted by Gasteiger charge is 2.19. The van der Waals surface area contributed by atoms with Crippen LogP contribution in [0.3, 0.4) is 0 Å². The van der Waals surface area contributed by atoms with Gasteiger partial charge in [0.25, 0.3) is 0 Å². The van der Waals surface area contributed by atoms with E-state index in [0.717, 1.165) is 30.4 Å². The molecule has 0 radical (unpaired) electrons. The van der Waals surface area contributed by atoms with Crippen molar-refractivity contribution in [1.29, 1.82) is 0 Å². The van der Waals surface area contributed by atoms with Gasteiger partial charge in [0.15, 0.2) is 0 Å². The van der Waals surface area contributed by atoms with Crippen molar-refractivity contribution in [2.24, 2.45) is 5.92 Å². The molecule has 0 aliphatic carbocycles. The molecule has 4 nitrogen and oxygen atoms in total. The second kappa shape index (κ2) is 6.54. The van der Waals surface area contributed by atoms with Crippen LogP contribution >= 0.6 is 27.5 Å². The molecule has 0 spiro atoms. The van der Waals surface area contributed by atoms with E-state index in [0.29, 0.717) is 12.5 Å². The molecule has 1 aromatic carbocycles. The molecule has 2 N–H and O–H groups in total. The first-order valence-corrected chi connectivity index (χ1v) is 8.80. The van der Waals surface area contributed by atoms with Crippen LogP contribution in [0.25, 0.3) is 0 Å². The van der Waals surface area contributed by atoms with Crippen LogP contribution in [-0.4, -0.2) is 28.1 Å². The van der Waals surface area contributed by atoms with Crippen molar-refractivity contribution >= 4 is 37.6 Å². The molecule has 1 atom stereocenters. The summed E-state index contributed by atoms with van der Waals surface area (Å²) in [4.78, 5) is 0.127. The summed E-state index contributed by atoms with van der Waals surface area (Å²) >= 11 is 9.21. The zero-order valence-corrected chi connectivity index (χ0v) is 13.5. The third-order valence-corrected chi connectivity index (χ3v) is 5.63. The maximum absolute atomic E-state index is 12.1. The predicted molar refractivity (Wildman–Crippen MR) is 79.9 cm³/mol. The number of benzene rings is 1. The summed E-state index contributed by atoms with van der Waals surface area (Å²) < 4.78 is 27.6. The summed E-state index contributed by atoms with van der Waals surface area (Å²) in [5.41, 5.74) is 0. The second-order valence-corrected chi connectivity index (χ2v) is 7.68. The summed E-state index contributed by atoms with van der Waals surface area (Å²) in [5.74, 6) is 0.558. The van der Waals surface area contributed by atoms with Crippen molar-refractivity contribution in [2.45, 2.75) is 17.7 Å². The van der Waals surface area contributed by atoms with E-state index in [1.54, 1.807) is 12.1 Å². The number of nitrogens with one attached hydrogen (secondary N) is 2. The Kier molecular flexibility index (Phi) is 5.25. The highest BCUT2D eigenvalue weighted by atomic mass is 79.9. The lowest BCUT2D eigenvalue weighted by molar-refractivity contribution is 0.519. The Balaban J connectivity index is 1.97. The molecule has 1 fully saturated rings. The SMILES string of the molecule is O=S(=O)(NCC[C@H]1CCNC1)c1ccc(Br)cc1Cl. The highest BCUT2D eigenvalue weighted by molar-refractivity contribution is 9.10. The van der Waals surface area contributed by atoms with Crippen molar-refractivity contribution in [3.8, 4) is 0 Å². The quantitative estimate of drug-likeness (QED) is 0.840. The molecule has 0 aromatic heterocycles. The van der Waals surface area contributed by atoms with E-state index in [1.807, 2.05) is 0 Å². The van der Waals surface area contributed by atoms with Crippen LogP contribution < -0.4 is 10.0 Å². The van der Waals surface area contributed by atoms with Crippen LogP contribution in [-0.2, 0) is 10.0 Å². The second-order valence-electron chi connectivity index (χ2n) is 4.62. The van der Waals surface area contributed by atoms with E-state index in [9.17, 15) is 8.42 Å². The number of sulfonamides is 1. The molecule has 1 saturated heterocycles. The van der Waals surface area contributed by atoms with Crippen LogP contribution in [0.4, 0.5) is 0 Å². The molecule has 19 heavy (non-hydrogen) atoms. The third kappa shape index (κ3) is 4.16. The van der Waals surface area contributed by atoms with Crippen LogP contribution in [0.15, 0.2) is 27.6 Å². The first-order valence-electron chi connectivity index (χ1n) is 6.14. The van der Waals surface area contributed by atoms with Crippen molar-refractivity contribution in [3.63, 3.8) is 0 Å². The van der Waals surface area contributed by atoms with E-state index < -0.39 is 10.0 Å². The summed E-state index contributed by atoms with van der Waals surface area (Å²) in [6.07, 6.45) is 1.96. The van der Waals surface area contributed by atoms with Gasteiger partial charge in [-0.1, -0.05) is 27.5 Å².